The first-order valence-corrected chi connectivity index (χ1v) is 13.1. The van der Waals surface area contributed by atoms with E-state index in [4.69, 9.17) is 42.5 Å². The quantitative estimate of drug-likeness (QED) is 0.306. The second-order valence-corrected chi connectivity index (χ2v) is 11.0. The average molecular weight is 562 g/mol. The molecule has 2 aromatic heterocycles. The molecule has 0 amide bonds. The zero-order valence-electron chi connectivity index (χ0n) is 22.3. The molecule has 0 radical (unpaired) electrons. The van der Waals surface area contributed by atoms with Crippen molar-refractivity contribution in [3.8, 4) is 17.6 Å². The van der Waals surface area contributed by atoms with Gasteiger partial charge >= 0.3 is 0 Å². The Bertz CT molecular complexity index is 1400. The standard InChI is InChI=1S/C28H33Cl2N3O5/c1-18-15-22(35)23-25(33(18)24-19(16-31)7-6-8-20(24)29)21(30)17-32-26(23)36-12-9-27(2,3)37-13-10-28(4,5)38-14-11-34/h6-8,15,17,34H,9-14H2,1-5H3. The van der Waals surface area contributed by atoms with Crippen molar-refractivity contribution in [1.82, 2.24) is 9.55 Å². The molecule has 8 nitrogen and oxygen atoms in total. The monoisotopic (exact) mass is 561 g/mol. The lowest BCUT2D eigenvalue weighted by Crippen LogP contribution is -2.32. The minimum absolute atomic E-state index is 0.0248. The Kier molecular flexibility index (Phi) is 9.80. The van der Waals surface area contributed by atoms with E-state index in [1.54, 1.807) is 29.7 Å². The van der Waals surface area contributed by atoms with Crippen LogP contribution in [-0.2, 0) is 9.47 Å². The van der Waals surface area contributed by atoms with Crippen LogP contribution in [0, 0.1) is 18.3 Å². The van der Waals surface area contributed by atoms with Gasteiger partial charge in [-0.05, 0) is 53.2 Å². The van der Waals surface area contributed by atoms with Crippen LogP contribution in [0.3, 0.4) is 0 Å². The van der Waals surface area contributed by atoms with Crippen LogP contribution in [-0.4, -0.2) is 52.3 Å². The van der Waals surface area contributed by atoms with E-state index in [2.05, 4.69) is 11.1 Å². The molecule has 0 saturated heterocycles. The summed E-state index contributed by atoms with van der Waals surface area (Å²) in [6, 6.07) is 8.62. The molecule has 0 atom stereocenters. The number of hydrogen-bond donors (Lipinski definition) is 1. The second-order valence-electron chi connectivity index (χ2n) is 10.2. The van der Waals surface area contributed by atoms with Gasteiger partial charge in [-0.25, -0.2) is 4.98 Å². The molecule has 10 heteroatoms. The predicted molar refractivity (Wildman–Crippen MR) is 149 cm³/mol. The molecular weight excluding hydrogens is 529 g/mol. The SMILES string of the molecule is Cc1cc(=O)c2c(OCCC(C)(C)OCCC(C)(C)OCCO)ncc(Cl)c2n1-c1c(Cl)cccc1C#N. The Labute approximate surface area is 232 Å². The van der Waals surface area contributed by atoms with Crippen molar-refractivity contribution in [3.63, 3.8) is 0 Å². The third-order valence-electron chi connectivity index (χ3n) is 6.19. The van der Waals surface area contributed by atoms with Crippen molar-refractivity contribution >= 4 is 34.1 Å². The van der Waals surface area contributed by atoms with Gasteiger partial charge in [-0.1, -0.05) is 29.3 Å². The number of nitrogens with zero attached hydrogens (tertiary/aromatic N) is 3. The fourth-order valence-corrected chi connectivity index (χ4v) is 4.56. The molecule has 3 rings (SSSR count). The summed E-state index contributed by atoms with van der Waals surface area (Å²) in [7, 11) is 0. The van der Waals surface area contributed by atoms with Gasteiger partial charge in [0.25, 0.3) is 0 Å². The highest BCUT2D eigenvalue weighted by atomic mass is 35.5. The topological polar surface area (TPSA) is 107 Å². The van der Waals surface area contributed by atoms with E-state index in [0.717, 1.165) is 0 Å². The molecule has 38 heavy (non-hydrogen) atoms. The number of nitriles is 1. The summed E-state index contributed by atoms with van der Waals surface area (Å²) in [5.41, 5.74) is 0.476. The summed E-state index contributed by atoms with van der Waals surface area (Å²) in [6.45, 7) is 10.5. The van der Waals surface area contributed by atoms with E-state index < -0.39 is 11.2 Å². The van der Waals surface area contributed by atoms with E-state index in [-0.39, 0.29) is 41.5 Å². The molecule has 204 valence electrons. The van der Waals surface area contributed by atoms with Crippen LogP contribution in [0.2, 0.25) is 10.0 Å². The van der Waals surface area contributed by atoms with Gasteiger partial charge in [-0.15, -0.1) is 0 Å². The van der Waals surface area contributed by atoms with Gasteiger partial charge in [0.05, 0.1) is 70.6 Å². The highest BCUT2D eigenvalue weighted by molar-refractivity contribution is 6.35. The van der Waals surface area contributed by atoms with E-state index in [1.807, 2.05) is 27.7 Å². The minimum atomic E-state index is -0.509. The lowest BCUT2D eigenvalue weighted by molar-refractivity contribution is -0.0821. The Morgan fingerprint density at radius 1 is 1.05 bits per heavy atom. The molecule has 0 aliphatic rings. The maximum Gasteiger partial charge on any atom is 0.227 e. The third kappa shape index (κ3) is 7.04. The molecule has 1 aromatic carbocycles. The summed E-state index contributed by atoms with van der Waals surface area (Å²) in [4.78, 5) is 17.4. The number of para-hydroxylation sites is 1. The van der Waals surface area contributed by atoms with Crippen molar-refractivity contribution in [2.24, 2.45) is 0 Å². The maximum absolute atomic E-state index is 13.1. The van der Waals surface area contributed by atoms with Crippen LogP contribution in [0.4, 0.5) is 0 Å². The average Bonchev–Trinajstić information content (AvgIpc) is 2.84. The van der Waals surface area contributed by atoms with Crippen molar-refractivity contribution in [3.05, 3.63) is 62.0 Å². The van der Waals surface area contributed by atoms with Gasteiger partial charge in [0.2, 0.25) is 5.88 Å². The summed E-state index contributed by atoms with van der Waals surface area (Å²) in [5.74, 6) is 0.142. The zero-order valence-corrected chi connectivity index (χ0v) is 23.8. The molecule has 0 fully saturated rings. The van der Waals surface area contributed by atoms with Crippen LogP contribution >= 0.6 is 23.2 Å². The zero-order chi connectivity index (χ0) is 28.1. The van der Waals surface area contributed by atoms with Crippen LogP contribution in [0.15, 0.2) is 35.3 Å². The summed E-state index contributed by atoms with van der Waals surface area (Å²) in [5, 5.41) is 19.4. The summed E-state index contributed by atoms with van der Waals surface area (Å²) in [6.07, 6.45) is 2.61. The fourth-order valence-electron chi connectivity index (χ4n) is 4.07. The van der Waals surface area contributed by atoms with Crippen LogP contribution in [0.1, 0.15) is 51.8 Å². The second kappa shape index (κ2) is 12.5. The number of fused-ring (bicyclic) bond motifs is 1. The Morgan fingerprint density at radius 3 is 2.37 bits per heavy atom. The molecule has 1 N–H and O–H groups in total. The van der Waals surface area contributed by atoms with Gasteiger partial charge in [-0.2, -0.15) is 5.26 Å². The molecule has 2 heterocycles. The number of hydrogen-bond acceptors (Lipinski definition) is 7. The Hall–Kier alpha value is -2.67. The summed E-state index contributed by atoms with van der Waals surface area (Å²) >= 11 is 13.1. The first kappa shape index (κ1) is 29.9. The number of aliphatic hydroxyl groups excluding tert-OH is 1. The van der Waals surface area contributed by atoms with Gasteiger partial charge in [-0.3, -0.25) is 4.79 Å². The van der Waals surface area contributed by atoms with E-state index in [9.17, 15) is 10.1 Å². The number of aromatic nitrogens is 2. The van der Waals surface area contributed by atoms with Gasteiger partial charge in [0.1, 0.15) is 11.5 Å². The van der Waals surface area contributed by atoms with Gasteiger partial charge in [0, 0.05) is 18.2 Å². The maximum atomic E-state index is 13.1. The lowest BCUT2D eigenvalue weighted by atomic mass is 10.0. The smallest absolute Gasteiger partial charge is 0.227 e. The van der Waals surface area contributed by atoms with E-state index in [0.29, 0.717) is 46.9 Å². The van der Waals surface area contributed by atoms with E-state index in [1.165, 1.54) is 12.3 Å². The van der Waals surface area contributed by atoms with Crippen molar-refractivity contribution < 1.29 is 19.3 Å². The molecule has 0 aliphatic carbocycles. The van der Waals surface area contributed by atoms with Gasteiger partial charge < -0.3 is 23.9 Å². The highest BCUT2D eigenvalue weighted by Gasteiger charge is 2.24. The third-order valence-corrected chi connectivity index (χ3v) is 6.77. The highest BCUT2D eigenvalue weighted by Crippen LogP contribution is 2.34. The molecule has 0 saturated carbocycles. The number of rotatable bonds is 12. The van der Waals surface area contributed by atoms with Crippen LogP contribution in [0.5, 0.6) is 5.88 Å². The predicted octanol–water partition coefficient (Wildman–Crippen LogP) is 5.61. The first-order valence-electron chi connectivity index (χ1n) is 12.3. The number of ether oxygens (including phenoxy) is 3. The largest absolute Gasteiger partial charge is 0.477 e. The van der Waals surface area contributed by atoms with Crippen molar-refractivity contribution in [1.29, 1.82) is 5.26 Å². The number of benzene rings is 1. The van der Waals surface area contributed by atoms with E-state index >= 15 is 0 Å². The van der Waals surface area contributed by atoms with Crippen molar-refractivity contribution in [2.45, 2.75) is 58.7 Å². The molecule has 0 bridgehead atoms. The normalized spacial score (nSPS) is 12.1. The van der Waals surface area contributed by atoms with Crippen molar-refractivity contribution in [2.75, 3.05) is 26.4 Å². The Morgan fingerprint density at radius 2 is 1.71 bits per heavy atom. The fraction of sp³-hybridized carbons (Fsp3) is 0.464. The van der Waals surface area contributed by atoms with Crippen LogP contribution in [0.25, 0.3) is 16.6 Å². The van der Waals surface area contributed by atoms with Crippen LogP contribution < -0.4 is 10.2 Å². The minimum Gasteiger partial charge on any atom is -0.477 e. The first-order chi connectivity index (χ1) is 17.9. The number of aryl methyl sites for hydroxylation is 1. The van der Waals surface area contributed by atoms with Gasteiger partial charge in [0.15, 0.2) is 5.43 Å². The molecule has 0 aliphatic heterocycles. The number of aliphatic hydroxyl groups is 1. The molecule has 0 unspecified atom stereocenters. The molecule has 0 spiro atoms. The number of halogens is 2. The number of pyridine rings is 2. The summed E-state index contributed by atoms with van der Waals surface area (Å²) < 4.78 is 19.4. The Balaban J connectivity index is 1.85. The molecule has 3 aromatic rings. The lowest BCUT2D eigenvalue weighted by Gasteiger charge is -2.29. The molecular formula is C28H33Cl2N3O5.